The first-order valence-corrected chi connectivity index (χ1v) is 12.5. The Balaban J connectivity index is 0. The zero-order valence-corrected chi connectivity index (χ0v) is 18.2. The van der Waals surface area contributed by atoms with Gasteiger partial charge in [0.2, 0.25) is 0 Å². The van der Waals surface area contributed by atoms with Crippen LogP contribution in [0.1, 0.15) is 48.5 Å². The predicted octanol–water partition coefficient (Wildman–Crippen LogP) is 3.76. The van der Waals surface area contributed by atoms with E-state index in [1.54, 1.807) is 0 Å². The molecule has 0 unspecified atom stereocenters. The summed E-state index contributed by atoms with van der Waals surface area (Å²) < 4.78 is 18.2. The molecule has 0 atom stereocenters. The fourth-order valence-electron chi connectivity index (χ4n) is 1.52. The van der Waals surface area contributed by atoms with Crippen molar-refractivity contribution in [2.45, 2.75) is 66.6 Å². The van der Waals surface area contributed by atoms with Crippen LogP contribution in [0, 0.1) is 0 Å². The highest BCUT2D eigenvalue weighted by atomic mass is 28.3. The van der Waals surface area contributed by atoms with Crippen LogP contribution in [0.15, 0.2) is 0 Å². The molecule has 0 aliphatic rings. The fraction of sp³-hybridized carbons (Fsp3) is 1.00. The Kier molecular flexibility index (Phi) is 13.2. The van der Waals surface area contributed by atoms with Gasteiger partial charge in [-0.15, -0.1) is 0 Å². The first-order chi connectivity index (χ1) is 9.58. The lowest BCUT2D eigenvalue weighted by molar-refractivity contribution is 0.107. The zero-order chi connectivity index (χ0) is 17.1. The molecule has 0 aromatic heterocycles. The van der Waals surface area contributed by atoms with E-state index in [1.165, 1.54) is 6.54 Å². The van der Waals surface area contributed by atoms with Gasteiger partial charge in [-0.2, -0.15) is 0 Å². The molecule has 0 saturated carbocycles. The van der Waals surface area contributed by atoms with Crippen molar-refractivity contribution in [3.8, 4) is 0 Å². The molecule has 21 heavy (non-hydrogen) atoms. The SMILES string of the molecule is CCN(C)[Si](C)(C)C(C)(C)C.CCO[SiH](OCC)OCC. The maximum absolute atomic E-state index is 5.22. The van der Waals surface area contributed by atoms with E-state index in [4.69, 9.17) is 13.3 Å². The molecule has 0 heterocycles. The monoisotopic (exact) mass is 337 g/mol. The summed E-state index contributed by atoms with van der Waals surface area (Å²) >= 11 is 0. The van der Waals surface area contributed by atoms with E-state index in [0.29, 0.717) is 24.9 Å². The molecule has 0 N–H and O–H groups in total. The van der Waals surface area contributed by atoms with E-state index in [9.17, 15) is 0 Å². The first kappa shape index (κ1) is 23.5. The van der Waals surface area contributed by atoms with Gasteiger partial charge in [-0.3, -0.25) is 0 Å². The third kappa shape index (κ3) is 9.81. The number of rotatable bonds is 8. The third-order valence-electron chi connectivity index (χ3n) is 4.17. The van der Waals surface area contributed by atoms with Gasteiger partial charge in [0.15, 0.2) is 0 Å². The fourth-order valence-corrected chi connectivity index (χ4v) is 4.56. The molecule has 0 radical (unpaired) electrons. The molecule has 0 saturated heterocycles. The van der Waals surface area contributed by atoms with Gasteiger partial charge in [0, 0.05) is 19.8 Å². The van der Waals surface area contributed by atoms with E-state index in [-0.39, 0.29) is 0 Å². The van der Waals surface area contributed by atoms with Crippen LogP contribution in [0.25, 0.3) is 0 Å². The Morgan fingerprint density at radius 3 is 1.33 bits per heavy atom. The summed E-state index contributed by atoms with van der Waals surface area (Å²) in [6.45, 7) is 23.2. The van der Waals surface area contributed by atoms with Crippen molar-refractivity contribution in [3.05, 3.63) is 0 Å². The van der Waals surface area contributed by atoms with Crippen LogP contribution in [-0.2, 0) is 13.3 Å². The normalized spacial score (nSPS) is 12.6. The molecule has 4 nitrogen and oxygen atoms in total. The van der Waals surface area contributed by atoms with Gasteiger partial charge < -0.3 is 17.8 Å². The van der Waals surface area contributed by atoms with Crippen molar-refractivity contribution >= 4 is 17.8 Å². The van der Waals surface area contributed by atoms with E-state index < -0.39 is 17.8 Å². The van der Waals surface area contributed by atoms with Crippen LogP contribution in [0.4, 0.5) is 0 Å². The van der Waals surface area contributed by atoms with Gasteiger partial charge in [-0.05, 0) is 39.4 Å². The summed E-state index contributed by atoms with van der Waals surface area (Å²) in [6.07, 6.45) is 0. The molecule has 0 amide bonds. The standard InChI is InChI=1S/C9H23NSi.C6H16O3Si/c1-8-10(5)11(6,7)9(2,3)4;1-4-7-10(8-5-2)9-6-3/h8H2,1-7H3;10H,4-6H2,1-3H3. The lowest BCUT2D eigenvalue weighted by atomic mass is 10.2. The largest absolute Gasteiger partial charge is 0.484 e. The Morgan fingerprint density at radius 2 is 1.19 bits per heavy atom. The molecule has 0 fully saturated rings. The molecule has 0 aliphatic carbocycles. The minimum Gasteiger partial charge on any atom is -0.376 e. The Labute approximate surface area is 136 Å². The highest BCUT2D eigenvalue weighted by Gasteiger charge is 2.38. The van der Waals surface area contributed by atoms with Crippen molar-refractivity contribution in [2.75, 3.05) is 33.4 Å². The van der Waals surface area contributed by atoms with E-state index in [0.717, 1.165) is 0 Å². The zero-order valence-electron chi connectivity index (χ0n) is 16.1. The summed E-state index contributed by atoms with van der Waals surface area (Å²) in [5, 5.41) is 0.484. The molecule has 0 bridgehead atoms. The molecule has 0 aromatic rings. The molecule has 0 spiro atoms. The highest BCUT2D eigenvalue weighted by Crippen LogP contribution is 2.37. The molecule has 0 aliphatic heterocycles. The number of hydrogen-bond donors (Lipinski definition) is 0. The summed E-state index contributed by atoms with van der Waals surface area (Å²) in [4.78, 5) is 0. The van der Waals surface area contributed by atoms with Crippen LogP contribution in [0.5, 0.6) is 0 Å². The van der Waals surface area contributed by atoms with Gasteiger partial charge in [0.1, 0.15) is 8.24 Å². The average Bonchev–Trinajstić information content (AvgIpc) is 2.38. The summed E-state index contributed by atoms with van der Waals surface area (Å²) in [5.41, 5.74) is 0. The predicted molar refractivity (Wildman–Crippen MR) is 97.5 cm³/mol. The molecule has 0 aromatic carbocycles. The quantitative estimate of drug-likeness (QED) is 0.631. The van der Waals surface area contributed by atoms with E-state index in [1.807, 2.05) is 20.8 Å². The highest BCUT2D eigenvalue weighted by molar-refractivity contribution is 6.77. The summed E-state index contributed by atoms with van der Waals surface area (Å²) in [6, 6.07) is 0. The smallest absolute Gasteiger partial charge is 0.376 e. The van der Waals surface area contributed by atoms with E-state index in [2.05, 4.69) is 52.4 Å². The summed E-state index contributed by atoms with van der Waals surface area (Å²) in [7, 11) is -0.661. The number of hydrogen-bond acceptors (Lipinski definition) is 4. The van der Waals surface area contributed by atoms with Crippen molar-refractivity contribution in [1.82, 2.24) is 4.57 Å². The lowest BCUT2D eigenvalue weighted by Crippen LogP contribution is -2.52. The molecule has 6 heteroatoms. The topological polar surface area (TPSA) is 30.9 Å². The van der Waals surface area contributed by atoms with Gasteiger partial charge in [-0.1, -0.05) is 40.8 Å². The maximum Gasteiger partial charge on any atom is 0.484 e. The van der Waals surface area contributed by atoms with Crippen molar-refractivity contribution in [2.24, 2.45) is 0 Å². The Hall–Kier alpha value is 0.274. The second-order valence-corrected chi connectivity index (χ2v) is 13.4. The van der Waals surface area contributed by atoms with Crippen molar-refractivity contribution in [1.29, 1.82) is 0 Å². The van der Waals surface area contributed by atoms with Gasteiger partial charge in [-0.25, -0.2) is 0 Å². The first-order valence-electron chi connectivity index (χ1n) is 8.14. The third-order valence-corrected chi connectivity index (χ3v) is 11.9. The number of nitrogens with zero attached hydrogens (tertiary/aromatic N) is 1. The van der Waals surface area contributed by atoms with Crippen molar-refractivity contribution in [3.63, 3.8) is 0 Å². The van der Waals surface area contributed by atoms with E-state index >= 15 is 0 Å². The van der Waals surface area contributed by atoms with Gasteiger partial charge in [0.05, 0.1) is 0 Å². The van der Waals surface area contributed by atoms with Crippen LogP contribution in [0.3, 0.4) is 0 Å². The average molecular weight is 338 g/mol. The minimum atomic E-state index is -1.73. The minimum absolute atomic E-state index is 0.484. The van der Waals surface area contributed by atoms with Crippen LogP contribution in [0.2, 0.25) is 18.1 Å². The molecule has 0 rings (SSSR count). The second-order valence-electron chi connectivity index (χ2n) is 6.48. The second kappa shape index (κ2) is 11.8. The van der Waals surface area contributed by atoms with Crippen LogP contribution >= 0.6 is 0 Å². The Bertz CT molecular complexity index is 231. The molecular formula is C15H39NO3Si2. The van der Waals surface area contributed by atoms with Gasteiger partial charge in [0.25, 0.3) is 0 Å². The maximum atomic E-state index is 5.22. The van der Waals surface area contributed by atoms with Crippen molar-refractivity contribution < 1.29 is 13.3 Å². The molecule has 130 valence electrons. The van der Waals surface area contributed by atoms with Gasteiger partial charge >= 0.3 is 9.53 Å². The lowest BCUT2D eigenvalue weighted by Gasteiger charge is -2.43. The van der Waals surface area contributed by atoms with Crippen LogP contribution < -0.4 is 0 Å². The van der Waals surface area contributed by atoms with Crippen LogP contribution in [-0.4, -0.2) is 55.7 Å². The Morgan fingerprint density at radius 1 is 0.857 bits per heavy atom. The molecular weight excluding hydrogens is 298 g/mol. The summed E-state index contributed by atoms with van der Waals surface area (Å²) in [5.74, 6) is 0.